The summed E-state index contributed by atoms with van der Waals surface area (Å²) >= 11 is 0. The molecule has 4 atom stereocenters. The van der Waals surface area contributed by atoms with Crippen LogP contribution in [0.25, 0.3) is 0 Å². The van der Waals surface area contributed by atoms with Crippen LogP contribution in [-0.4, -0.2) is 73.2 Å². The average Bonchev–Trinajstić information content (AvgIpc) is 3.20. The van der Waals surface area contributed by atoms with Gasteiger partial charge < -0.3 is 20.3 Å². The zero-order chi connectivity index (χ0) is 26.7. The third-order valence-corrected chi connectivity index (χ3v) is 7.15. The Morgan fingerprint density at radius 1 is 1.14 bits per heavy atom. The Morgan fingerprint density at radius 3 is 2.53 bits per heavy atom. The summed E-state index contributed by atoms with van der Waals surface area (Å²) in [6.07, 6.45) is 7.57. The number of carbonyl (C=O) groups is 4. The third-order valence-electron chi connectivity index (χ3n) is 6.59. The van der Waals surface area contributed by atoms with Crippen LogP contribution in [0.15, 0.2) is 12.2 Å². The molecule has 0 aromatic carbocycles. The lowest BCUT2D eigenvalue weighted by atomic mass is 10.1. The van der Waals surface area contributed by atoms with Gasteiger partial charge in [-0.1, -0.05) is 18.6 Å². The van der Waals surface area contributed by atoms with Crippen molar-refractivity contribution in [2.45, 2.75) is 95.4 Å². The SMILES string of the molecule is CC(C)(C)NC(=O)O[C@H]1CCCCCC=C[C@@H]2C[C@@]2(C(=O)NS(C)(=O)=O)NC(=O)[C@@H]2CCCN2C1=O. The van der Waals surface area contributed by atoms with Gasteiger partial charge in [0, 0.05) is 18.0 Å². The maximum absolute atomic E-state index is 13.5. The number of nitrogens with one attached hydrogen (secondary N) is 3. The van der Waals surface area contributed by atoms with E-state index in [1.165, 1.54) is 4.90 Å². The second-order valence-corrected chi connectivity index (χ2v) is 12.7. The van der Waals surface area contributed by atoms with Gasteiger partial charge in [-0.25, -0.2) is 13.2 Å². The highest BCUT2D eigenvalue weighted by Crippen LogP contribution is 2.45. The van der Waals surface area contributed by atoms with Crippen molar-refractivity contribution in [1.29, 1.82) is 0 Å². The predicted octanol–water partition coefficient (Wildman–Crippen LogP) is 1.34. The van der Waals surface area contributed by atoms with E-state index < -0.39 is 57.1 Å². The number of nitrogens with zero attached hydrogens (tertiary/aromatic N) is 1. The van der Waals surface area contributed by atoms with Crippen LogP contribution in [-0.2, 0) is 29.1 Å². The van der Waals surface area contributed by atoms with E-state index in [-0.39, 0.29) is 12.3 Å². The summed E-state index contributed by atoms with van der Waals surface area (Å²) in [5.74, 6) is -2.08. The lowest BCUT2D eigenvalue weighted by Gasteiger charge is -2.30. The van der Waals surface area contributed by atoms with E-state index in [0.29, 0.717) is 32.2 Å². The molecule has 36 heavy (non-hydrogen) atoms. The molecule has 0 spiro atoms. The maximum Gasteiger partial charge on any atom is 0.408 e. The summed E-state index contributed by atoms with van der Waals surface area (Å²) in [5.41, 5.74) is -1.92. The smallest absolute Gasteiger partial charge is 0.408 e. The zero-order valence-corrected chi connectivity index (χ0v) is 22.3. The molecule has 3 aliphatic rings. The highest BCUT2D eigenvalue weighted by atomic mass is 32.2. The van der Waals surface area contributed by atoms with Crippen molar-refractivity contribution in [3.05, 3.63) is 12.2 Å². The molecule has 4 amide bonds. The molecule has 2 aliphatic heterocycles. The Morgan fingerprint density at radius 2 is 1.86 bits per heavy atom. The van der Waals surface area contributed by atoms with Gasteiger partial charge in [0.05, 0.1) is 6.26 Å². The summed E-state index contributed by atoms with van der Waals surface area (Å²) in [6.45, 7) is 5.75. The van der Waals surface area contributed by atoms with Gasteiger partial charge in [-0.15, -0.1) is 0 Å². The molecule has 0 aromatic rings. The highest BCUT2D eigenvalue weighted by Gasteiger charge is 2.61. The lowest BCUT2D eigenvalue weighted by Crippen LogP contribution is -2.57. The largest absolute Gasteiger partial charge is 0.436 e. The molecule has 1 saturated heterocycles. The molecule has 3 N–H and O–H groups in total. The first-order chi connectivity index (χ1) is 16.7. The fourth-order valence-corrected chi connectivity index (χ4v) is 5.28. The van der Waals surface area contributed by atoms with Crippen molar-refractivity contribution in [2.24, 2.45) is 5.92 Å². The second-order valence-electron chi connectivity index (χ2n) is 11.0. The number of hydrogen-bond acceptors (Lipinski definition) is 7. The van der Waals surface area contributed by atoms with Gasteiger partial charge in [-0.2, -0.15) is 0 Å². The van der Waals surface area contributed by atoms with Gasteiger partial charge in [0.1, 0.15) is 11.6 Å². The van der Waals surface area contributed by atoms with Gasteiger partial charge in [0.15, 0.2) is 6.10 Å². The molecule has 11 nitrogen and oxygen atoms in total. The van der Waals surface area contributed by atoms with Crippen molar-refractivity contribution in [1.82, 2.24) is 20.3 Å². The van der Waals surface area contributed by atoms with E-state index in [9.17, 15) is 27.6 Å². The van der Waals surface area contributed by atoms with E-state index in [2.05, 4.69) is 10.6 Å². The number of carbonyl (C=O) groups excluding carboxylic acids is 4. The maximum atomic E-state index is 13.5. The van der Waals surface area contributed by atoms with Crippen molar-refractivity contribution in [3.8, 4) is 0 Å². The second kappa shape index (κ2) is 10.8. The summed E-state index contributed by atoms with van der Waals surface area (Å²) < 4.78 is 30.9. The van der Waals surface area contributed by atoms with Crippen molar-refractivity contribution in [2.75, 3.05) is 12.8 Å². The molecule has 12 heteroatoms. The summed E-state index contributed by atoms with van der Waals surface area (Å²) in [4.78, 5) is 53.5. The predicted molar refractivity (Wildman–Crippen MR) is 132 cm³/mol. The number of amides is 4. The van der Waals surface area contributed by atoms with Crippen LogP contribution in [0.3, 0.4) is 0 Å². The fraction of sp³-hybridized carbons (Fsp3) is 0.750. The Bertz CT molecular complexity index is 1020. The number of sulfonamides is 1. The van der Waals surface area contributed by atoms with Gasteiger partial charge in [0.25, 0.3) is 11.8 Å². The normalized spacial score (nSPS) is 29.7. The number of ether oxygens (including phenoxy) is 1. The van der Waals surface area contributed by atoms with E-state index in [1.807, 2.05) is 37.6 Å². The van der Waals surface area contributed by atoms with Crippen molar-refractivity contribution in [3.63, 3.8) is 0 Å². The number of allylic oxidation sites excluding steroid dienone is 1. The molecule has 3 rings (SSSR count). The van der Waals surface area contributed by atoms with Crippen molar-refractivity contribution < 1.29 is 32.3 Å². The molecule has 2 fully saturated rings. The minimum absolute atomic E-state index is 0.274. The van der Waals surface area contributed by atoms with Gasteiger partial charge in [-0.05, 0) is 65.7 Å². The first-order valence-electron chi connectivity index (χ1n) is 12.5. The molecule has 0 unspecified atom stereocenters. The first kappa shape index (κ1) is 27.9. The molecule has 202 valence electrons. The third kappa shape index (κ3) is 7.21. The standard InChI is InChI=1S/C24H38N4O7S/c1-23(2,3)26-22(32)35-18-13-9-7-5-6-8-11-16-15-24(16,21(31)27-36(4,33)34)25-19(29)17-12-10-14-28(17)20(18)30/h8,11,16-18H,5-7,9-10,12-15H2,1-4H3,(H,25,29)(H,26,32)(H,27,31)/t16-,17+,18+,24-/m1/s1. The molecular weight excluding hydrogens is 488 g/mol. The Hall–Kier alpha value is -2.63. The number of rotatable bonds is 3. The minimum Gasteiger partial charge on any atom is -0.436 e. The highest BCUT2D eigenvalue weighted by molar-refractivity contribution is 7.89. The topological polar surface area (TPSA) is 151 Å². The molecule has 1 saturated carbocycles. The molecule has 1 aliphatic carbocycles. The van der Waals surface area contributed by atoms with Crippen LogP contribution in [0.5, 0.6) is 0 Å². The lowest BCUT2D eigenvalue weighted by molar-refractivity contribution is -0.146. The summed E-state index contributed by atoms with van der Waals surface area (Å²) in [6, 6.07) is -0.840. The molecule has 2 heterocycles. The summed E-state index contributed by atoms with van der Waals surface area (Å²) in [7, 11) is -3.82. The van der Waals surface area contributed by atoms with Crippen LogP contribution in [0.1, 0.15) is 72.1 Å². The van der Waals surface area contributed by atoms with Gasteiger partial charge in [0.2, 0.25) is 15.9 Å². The van der Waals surface area contributed by atoms with Crippen LogP contribution in [0, 0.1) is 5.92 Å². The van der Waals surface area contributed by atoms with E-state index >= 15 is 0 Å². The van der Waals surface area contributed by atoms with Crippen molar-refractivity contribution >= 4 is 33.8 Å². The molecular formula is C24H38N4O7S. The Labute approximate surface area is 212 Å². The van der Waals surface area contributed by atoms with Gasteiger partial charge in [-0.3, -0.25) is 19.1 Å². The zero-order valence-electron chi connectivity index (χ0n) is 21.5. The van der Waals surface area contributed by atoms with E-state index in [1.54, 1.807) is 0 Å². The van der Waals surface area contributed by atoms with Crippen LogP contribution in [0.2, 0.25) is 0 Å². The quantitative estimate of drug-likeness (QED) is 0.470. The first-order valence-corrected chi connectivity index (χ1v) is 14.4. The molecule has 0 radical (unpaired) electrons. The van der Waals surface area contributed by atoms with Gasteiger partial charge >= 0.3 is 6.09 Å². The van der Waals surface area contributed by atoms with Crippen LogP contribution < -0.4 is 15.4 Å². The monoisotopic (exact) mass is 526 g/mol. The van der Waals surface area contributed by atoms with Crippen LogP contribution in [0.4, 0.5) is 4.79 Å². The Balaban J connectivity index is 1.83. The van der Waals surface area contributed by atoms with E-state index in [0.717, 1.165) is 25.5 Å². The fourth-order valence-electron chi connectivity index (χ4n) is 4.76. The average molecular weight is 527 g/mol. The minimum atomic E-state index is -3.82. The van der Waals surface area contributed by atoms with Crippen LogP contribution >= 0.6 is 0 Å². The molecule has 0 aromatic heterocycles. The molecule has 0 bridgehead atoms. The summed E-state index contributed by atoms with van der Waals surface area (Å²) in [5, 5.41) is 5.46. The number of alkyl carbamates (subject to hydrolysis) is 1. The Kier molecular flexibility index (Phi) is 8.37. The number of hydrogen-bond donors (Lipinski definition) is 3. The number of fused-ring (bicyclic) bond motifs is 2. The van der Waals surface area contributed by atoms with E-state index in [4.69, 9.17) is 4.74 Å².